The van der Waals surface area contributed by atoms with Gasteiger partial charge in [0.15, 0.2) is 0 Å². The molecule has 22 heavy (non-hydrogen) atoms. The molecule has 0 amide bonds. The fraction of sp³-hybridized carbons (Fsp3) is 0.438. The van der Waals surface area contributed by atoms with Crippen molar-refractivity contribution in [2.45, 2.75) is 33.1 Å². The second-order valence-corrected chi connectivity index (χ2v) is 6.02. The molecule has 1 rings (SSSR count). The average molecular weight is 325 g/mol. The van der Waals surface area contributed by atoms with Crippen LogP contribution in [0.15, 0.2) is 48.1 Å². The molecule has 0 atom stereocenters. The molecule has 0 aliphatic carbocycles. The van der Waals surface area contributed by atoms with Crippen LogP contribution in [0.5, 0.6) is 0 Å². The van der Waals surface area contributed by atoms with Gasteiger partial charge in [-0.05, 0) is 38.7 Å². The Morgan fingerprint density at radius 3 is 2.41 bits per heavy atom. The lowest BCUT2D eigenvalue weighted by Gasteiger charge is -2.14. The van der Waals surface area contributed by atoms with E-state index in [1.165, 1.54) is 0 Å². The maximum Gasteiger partial charge on any atom is 0.550 e. The van der Waals surface area contributed by atoms with Crippen molar-refractivity contribution in [3.63, 3.8) is 0 Å². The van der Waals surface area contributed by atoms with E-state index in [-0.39, 0.29) is 13.2 Å². The van der Waals surface area contributed by atoms with Crippen molar-refractivity contribution in [2.24, 2.45) is 5.16 Å². The van der Waals surface area contributed by atoms with Crippen molar-refractivity contribution in [1.29, 1.82) is 0 Å². The Balaban J connectivity index is 2.89. The highest BCUT2D eigenvalue weighted by Crippen LogP contribution is 2.49. The lowest BCUT2D eigenvalue weighted by molar-refractivity contribution is 0.124. The summed E-state index contributed by atoms with van der Waals surface area (Å²) in [5.74, 6) is 0. The first-order chi connectivity index (χ1) is 10.6. The summed E-state index contributed by atoms with van der Waals surface area (Å²) in [6.45, 7) is 7.61. The quantitative estimate of drug-likeness (QED) is 0.190. The van der Waals surface area contributed by atoms with Crippen LogP contribution < -0.4 is 0 Å². The number of unbranched alkanes of at least 4 members (excludes halogenated alkanes) is 1. The maximum atomic E-state index is 12.3. The standard InChI is InChI=1S/C16H24NO4P/c1-4-7-9-14-16(15-12-10-8-11-13-15)17-21-22(18,19-5-2)20-6-3/h4,8,10-13H,1,5-7,9,14H2,2-3H3/b17-16-. The Morgan fingerprint density at radius 2 is 1.86 bits per heavy atom. The van der Waals surface area contributed by atoms with Crippen molar-refractivity contribution in [2.75, 3.05) is 13.2 Å². The third-order valence-electron chi connectivity index (χ3n) is 2.75. The van der Waals surface area contributed by atoms with E-state index in [0.717, 1.165) is 18.4 Å². The average Bonchev–Trinajstić information content (AvgIpc) is 2.52. The predicted molar refractivity (Wildman–Crippen MR) is 89.0 cm³/mol. The van der Waals surface area contributed by atoms with Gasteiger partial charge in [-0.2, -0.15) is 0 Å². The minimum atomic E-state index is -3.64. The molecule has 0 spiro atoms. The van der Waals surface area contributed by atoms with Crippen LogP contribution in [-0.2, 0) is 18.2 Å². The smallest absolute Gasteiger partial charge is 0.292 e. The van der Waals surface area contributed by atoms with Gasteiger partial charge < -0.3 is 0 Å². The maximum absolute atomic E-state index is 12.3. The van der Waals surface area contributed by atoms with Crippen molar-refractivity contribution in [3.8, 4) is 0 Å². The molecule has 0 aliphatic rings. The molecule has 1 aromatic rings. The van der Waals surface area contributed by atoms with Crippen LogP contribution in [-0.4, -0.2) is 18.9 Å². The molecular formula is C16H24NO4P. The number of oxime groups is 1. The SMILES string of the molecule is C=CCCC/C(=N/OP(=O)(OCC)OCC)c1ccccc1. The van der Waals surface area contributed by atoms with Crippen LogP contribution in [0.1, 0.15) is 38.7 Å². The van der Waals surface area contributed by atoms with Gasteiger partial charge in [-0.15, -0.1) is 6.58 Å². The fourth-order valence-electron chi connectivity index (χ4n) is 1.79. The summed E-state index contributed by atoms with van der Waals surface area (Å²) < 4.78 is 27.6. The zero-order valence-corrected chi connectivity index (χ0v) is 14.1. The lowest BCUT2D eigenvalue weighted by Crippen LogP contribution is -2.04. The Labute approximate surface area is 132 Å². The van der Waals surface area contributed by atoms with E-state index >= 15 is 0 Å². The van der Waals surface area contributed by atoms with Crippen LogP contribution in [0, 0.1) is 0 Å². The van der Waals surface area contributed by atoms with E-state index in [1.54, 1.807) is 13.8 Å². The molecule has 0 saturated heterocycles. The Kier molecular flexibility index (Phi) is 8.75. The second-order valence-electron chi connectivity index (χ2n) is 4.45. The van der Waals surface area contributed by atoms with Gasteiger partial charge in [-0.3, -0.25) is 13.7 Å². The number of benzene rings is 1. The molecule has 0 heterocycles. The van der Waals surface area contributed by atoms with E-state index < -0.39 is 7.82 Å². The number of hydrogen-bond acceptors (Lipinski definition) is 5. The first-order valence-electron chi connectivity index (χ1n) is 7.46. The highest BCUT2D eigenvalue weighted by molar-refractivity contribution is 7.48. The Hall–Kier alpha value is -1.42. The van der Waals surface area contributed by atoms with E-state index in [2.05, 4.69) is 11.7 Å². The minimum Gasteiger partial charge on any atom is -0.292 e. The molecule has 122 valence electrons. The third kappa shape index (κ3) is 6.56. The highest BCUT2D eigenvalue weighted by Gasteiger charge is 2.27. The zero-order valence-electron chi connectivity index (χ0n) is 13.2. The normalized spacial score (nSPS) is 12.2. The molecule has 0 aliphatic heterocycles. The van der Waals surface area contributed by atoms with Crippen molar-refractivity contribution in [1.82, 2.24) is 0 Å². The number of allylic oxidation sites excluding steroid dienone is 1. The second kappa shape index (κ2) is 10.3. The van der Waals surface area contributed by atoms with Gasteiger partial charge in [0.25, 0.3) is 0 Å². The van der Waals surface area contributed by atoms with E-state index in [9.17, 15) is 4.57 Å². The van der Waals surface area contributed by atoms with Gasteiger partial charge in [-0.25, -0.2) is 4.57 Å². The van der Waals surface area contributed by atoms with E-state index in [4.69, 9.17) is 13.7 Å². The molecule has 0 bridgehead atoms. The fourth-order valence-corrected chi connectivity index (χ4v) is 2.79. The van der Waals surface area contributed by atoms with Crippen LogP contribution in [0.25, 0.3) is 0 Å². The highest BCUT2D eigenvalue weighted by atomic mass is 31.2. The summed E-state index contributed by atoms with van der Waals surface area (Å²) in [5, 5.41) is 4.04. The van der Waals surface area contributed by atoms with Crippen LogP contribution in [0.2, 0.25) is 0 Å². The molecule has 0 saturated carbocycles. The van der Waals surface area contributed by atoms with Crippen molar-refractivity contribution < 1.29 is 18.2 Å². The summed E-state index contributed by atoms with van der Waals surface area (Å²) in [4.78, 5) is 0. The first-order valence-corrected chi connectivity index (χ1v) is 8.92. The number of rotatable bonds is 11. The van der Waals surface area contributed by atoms with Crippen LogP contribution in [0.4, 0.5) is 0 Å². The molecule has 5 nitrogen and oxygen atoms in total. The number of nitrogens with zero attached hydrogens (tertiary/aromatic N) is 1. The van der Waals surface area contributed by atoms with E-state index in [1.807, 2.05) is 36.4 Å². The Bertz CT molecular complexity index is 506. The minimum absolute atomic E-state index is 0.226. The number of phosphoric ester groups is 1. The molecule has 0 aromatic heterocycles. The number of hydrogen-bond donors (Lipinski definition) is 0. The predicted octanol–water partition coefficient (Wildman–Crippen LogP) is 4.94. The first kappa shape index (κ1) is 18.6. The molecular weight excluding hydrogens is 301 g/mol. The van der Waals surface area contributed by atoms with E-state index in [0.29, 0.717) is 12.1 Å². The number of phosphoric acid groups is 1. The molecule has 0 N–H and O–H groups in total. The largest absolute Gasteiger partial charge is 0.550 e. The summed E-state index contributed by atoms with van der Waals surface area (Å²) in [7, 11) is -3.64. The molecule has 0 radical (unpaired) electrons. The van der Waals surface area contributed by atoms with Gasteiger partial charge in [0, 0.05) is 0 Å². The van der Waals surface area contributed by atoms with Gasteiger partial charge in [0.2, 0.25) is 0 Å². The summed E-state index contributed by atoms with van der Waals surface area (Å²) >= 11 is 0. The summed E-state index contributed by atoms with van der Waals surface area (Å²) in [5.41, 5.74) is 1.63. The van der Waals surface area contributed by atoms with Gasteiger partial charge >= 0.3 is 7.82 Å². The molecule has 0 unspecified atom stereocenters. The van der Waals surface area contributed by atoms with Gasteiger partial charge in [0.1, 0.15) is 0 Å². The molecule has 6 heteroatoms. The third-order valence-corrected chi connectivity index (χ3v) is 4.18. The summed E-state index contributed by atoms with van der Waals surface area (Å²) in [6.07, 6.45) is 4.30. The zero-order chi connectivity index (χ0) is 16.3. The van der Waals surface area contributed by atoms with Gasteiger partial charge in [0.05, 0.1) is 18.9 Å². The van der Waals surface area contributed by atoms with Crippen molar-refractivity contribution in [3.05, 3.63) is 48.6 Å². The van der Waals surface area contributed by atoms with Crippen molar-refractivity contribution >= 4 is 13.5 Å². The van der Waals surface area contributed by atoms with Gasteiger partial charge in [-0.1, -0.05) is 41.6 Å². The summed E-state index contributed by atoms with van der Waals surface area (Å²) in [6, 6.07) is 9.63. The van der Waals surface area contributed by atoms with Crippen LogP contribution in [0.3, 0.4) is 0 Å². The lowest BCUT2D eigenvalue weighted by atomic mass is 10.0. The van der Waals surface area contributed by atoms with Crippen LogP contribution >= 0.6 is 7.82 Å². The Morgan fingerprint density at radius 1 is 1.23 bits per heavy atom. The molecule has 1 aromatic carbocycles. The topological polar surface area (TPSA) is 57.1 Å². The monoisotopic (exact) mass is 325 g/mol. The molecule has 0 fully saturated rings.